The van der Waals surface area contributed by atoms with E-state index in [0.717, 1.165) is 42.3 Å². The molecule has 0 atom stereocenters. The maximum absolute atomic E-state index is 12.8. The van der Waals surface area contributed by atoms with Gasteiger partial charge in [0.25, 0.3) is 0 Å². The Morgan fingerprint density at radius 3 is 1.33 bits per heavy atom. The number of fused-ring (bicyclic) bond motifs is 7. The lowest BCUT2D eigenvalue weighted by atomic mass is 10.0. The highest BCUT2D eigenvalue weighted by atomic mass is 32.1. The standard InChI is InChI=1S/C34H18N2O4S2/c1-15-11-23-24(33-27(15)35-25(41-33)13-21-17-7-3-5-9-19(17)29(37)31(21)39)12-16(2)28-34(23)42-26(36-28)14-22-18-8-4-6-10-20(18)30(38)32(22)40/h3-14H,1-2H3/b21-13-,22-14-. The fourth-order valence-corrected chi connectivity index (χ4v) is 8.11. The Labute approximate surface area is 246 Å². The summed E-state index contributed by atoms with van der Waals surface area (Å²) >= 11 is 2.98. The van der Waals surface area contributed by atoms with E-state index < -0.39 is 23.1 Å². The smallest absolute Gasteiger partial charge is 0.234 e. The number of hydrogen-bond donors (Lipinski definition) is 0. The average Bonchev–Trinajstić information content (AvgIpc) is 3.73. The molecule has 6 nitrogen and oxygen atoms in total. The largest absolute Gasteiger partial charge is 0.285 e. The lowest BCUT2D eigenvalue weighted by molar-refractivity contribution is -0.110. The summed E-state index contributed by atoms with van der Waals surface area (Å²) in [5.41, 5.74) is 6.55. The molecule has 0 saturated heterocycles. The van der Waals surface area contributed by atoms with Crippen molar-refractivity contribution >= 4 is 100 Å². The first-order chi connectivity index (χ1) is 20.3. The number of benzene rings is 4. The van der Waals surface area contributed by atoms with Crippen LogP contribution in [0, 0.1) is 13.8 Å². The molecule has 0 spiro atoms. The van der Waals surface area contributed by atoms with Gasteiger partial charge in [-0.05, 0) is 60.4 Å². The van der Waals surface area contributed by atoms with Crippen LogP contribution in [0.2, 0.25) is 0 Å². The van der Waals surface area contributed by atoms with Crippen molar-refractivity contribution in [2.75, 3.05) is 0 Å². The number of allylic oxidation sites excluding steroid dienone is 2. The molecule has 2 aromatic heterocycles. The van der Waals surface area contributed by atoms with Gasteiger partial charge in [-0.15, -0.1) is 22.7 Å². The minimum atomic E-state index is -0.508. The van der Waals surface area contributed by atoms with E-state index in [9.17, 15) is 19.2 Å². The number of Topliss-reactive ketones (excluding diaryl/α,β-unsaturated/α-hetero) is 4. The third-order valence-electron chi connectivity index (χ3n) is 7.90. The fraction of sp³-hybridized carbons (Fsp3) is 0.0588. The molecule has 0 saturated carbocycles. The van der Waals surface area contributed by atoms with Crippen LogP contribution in [-0.2, 0) is 9.59 Å². The maximum atomic E-state index is 12.8. The van der Waals surface area contributed by atoms with Crippen LogP contribution in [0.5, 0.6) is 0 Å². The SMILES string of the molecule is Cc1cc2c(cc(C)c3nc(/C=C4\C(=O)C(=O)c5ccccc54)sc32)c2sc(/C=C3\C(=O)C(=O)c4ccccc43)nc12. The average molecular weight is 583 g/mol. The zero-order valence-electron chi connectivity index (χ0n) is 22.3. The van der Waals surface area contributed by atoms with Gasteiger partial charge in [0.05, 0.1) is 20.4 Å². The molecule has 0 radical (unpaired) electrons. The summed E-state index contributed by atoms with van der Waals surface area (Å²) in [6.07, 6.45) is 3.45. The monoisotopic (exact) mass is 582 g/mol. The minimum absolute atomic E-state index is 0.372. The summed E-state index contributed by atoms with van der Waals surface area (Å²) in [6.45, 7) is 4.01. The number of rotatable bonds is 2. The van der Waals surface area contributed by atoms with Crippen LogP contribution in [0.15, 0.2) is 60.7 Å². The zero-order valence-corrected chi connectivity index (χ0v) is 23.9. The Morgan fingerprint density at radius 2 is 0.929 bits per heavy atom. The second-order valence-corrected chi connectivity index (χ2v) is 12.5. The van der Waals surface area contributed by atoms with Gasteiger partial charge < -0.3 is 0 Å². The molecule has 200 valence electrons. The molecule has 8 rings (SSSR count). The Kier molecular flexibility index (Phi) is 5.20. The van der Waals surface area contributed by atoms with Crippen molar-refractivity contribution < 1.29 is 19.2 Å². The highest BCUT2D eigenvalue weighted by Gasteiger charge is 2.34. The number of carbonyl (C=O) groups is 4. The number of nitrogens with zero attached hydrogens (tertiary/aromatic N) is 2. The highest BCUT2D eigenvalue weighted by Crippen LogP contribution is 2.42. The Hall–Kier alpha value is -4.92. The van der Waals surface area contributed by atoms with E-state index in [1.165, 1.54) is 22.7 Å². The fourth-order valence-electron chi connectivity index (χ4n) is 5.90. The highest BCUT2D eigenvalue weighted by molar-refractivity contribution is 7.21. The predicted octanol–water partition coefficient (Wildman–Crippen LogP) is 7.29. The molecule has 2 aliphatic carbocycles. The summed E-state index contributed by atoms with van der Waals surface area (Å²) < 4.78 is 1.98. The third-order valence-corrected chi connectivity index (χ3v) is 9.97. The summed E-state index contributed by atoms with van der Waals surface area (Å²) in [4.78, 5) is 60.3. The van der Waals surface area contributed by atoms with Crippen LogP contribution in [0.25, 0.3) is 54.5 Å². The van der Waals surface area contributed by atoms with Gasteiger partial charge in [0.1, 0.15) is 10.0 Å². The molecule has 4 aromatic carbocycles. The summed E-state index contributed by atoms with van der Waals surface area (Å²) in [7, 11) is 0. The van der Waals surface area contributed by atoms with Crippen LogP contribution < -0.4 is 0 Å². The summed E-state index contributed by atoms with van der Waals surface area (Å²) in [5.74, 6) is -1.99. The Balaban J connectivity index is 1.30. The van der Waals surface area contributed by atoms with E-state index >= 15 is 0 Å². The number of carbonyl (C=O) groups excluding carboxylic acids is 4. The quantitative estimate of drug-likeness (QED) is 0.157. The molecular formula is C34H18N2O4S2. The van der Waals surface area contributed by atoms with Gasteiger partial charge in [0.2, 0.25) is 23.1 Å². The van der Waals surface area contributed by atoms with Gasteiger partial charge >= 0.3 is 0 Å². The summed E-state index contributed by atoms with van der Waals surface area (Å²) in [5, 5.41) is 3.36. The molecule has 0 fully saturated rings. The predicted molar refractivity (Wildman–Crippen MR) is 167 cm³/mol. The molecule has 0 N–H and O–H groups in total. The topological polar surface area (TPSA) is 94.1 Å². The van der Waals surface area contributed by atoms with Crippen LogP contribution >= 0.6 is 22.7 Å². The van der Waals surface area contributed by atoms with Crippen LogP contribution in [0.4, 0.5) is 0 Å². The number of hydrogen-bond acceptors (Lipinski definition) is 8. The minimum Gasteiger partial charge on any atom is -0.285 e. The molecule has 6 aromatic rings. The number of ketones is 4. The van der Waals surface area contributed by atoms with Gasteiger partial charge in [-0.1, -0.05) is 48.5 Å². The van der Waals surface area contributed by atoms with Crippen molar-refractivity contribution in [2.24, 2.45) is 0 Å². The molecule has 0 bridgehead atoms. The normalized spacial score (nSPS) is 16.6. The second kappa shape index (κ2) is 8.79. The van der Waals surface area contributed by atoms with Crippen molar-refractivity contribution in [1.29, 1.82) is 0 Å². The Bertz CT molecular complexity index is 2190. The van der Waals surface area contributed by atoms with Gasteiger partial charge in [0.15, 0.2) is 0 Å². The molecule has 0 aliphatic heterocycles. The molecular weight excluding hydrogens is 565 g/mol. The first-order valence-corrected chi connectivity index (χ1v) is 14.9. The first kappa shape index (κ1) is 24.8. The van der Waals surface area contributed by atoms with E-state index in [1.807, 2.05) is 26.0 Å². The molecule has 8 heteroatoms. The zero-order chi connectivity index (χ0) is 28.9. The van der Waals surface area contributed by atoms with Crippen molar-refractivity contribution in [3.63, 3.8) is 0 Å². The number of aryl methyl sites for hydroxylation is 2. The number of aromatic nitrogens is 2. The lowest BCUT2D eigenvalue weighted by Gasteiger charge is -2.05. The molecule has 2 aliphatic rings. The van der Waals surface area contributed by atoms with Gasteiger partial charge in [-0.25, -0.2) is 9.97 Å². The maximum Gasteiger partial charge on any atom is 0.234 e. The summed E-state index contributed by atoms with van der Waals surface area (Å²) in [6, 6.07) is 18.3. The molecule has 42 heavy (non-hydrogen) atoms. The van der Waals surface area contributed by atoms with E-state index in [-0.39, 0.29) is 0 Å². The lowest BCUT2D eigenvalue weighted by Crippen LogP contribution is -2.05. The van der Waals surface area contributed by atoms with E-state index in [1.54, 1.807) is 48.6 Å². The Morgan fingerprint density at radius 1 is 0.548 bits per heavy atom. The van der Waals surface area contributed by atoms with Gasteiger partial charge in [-0.3, -0.25) is 19.2 Å². The second-order valence-electron chi connectivity index (χ2n) is 10.5. The van der Waals surface area contributed by atoms with E-state index in [2.05, 4.69) is 12.1 Å². The van der Waals surface area contributed by atoms with E-state index in [0.29, 0.717) is 43.4 Å². The van der Waals surface area contributed by atoms with Crippen molar-refractivity contribution in [2.45, 2.75) is 13.8 Å². The van der Waals surface area contributed by atoms with Crippen molar-refractivity contribution in [3.8, 4) is 0 Å². The molecule has 2 heterocycles. The van der Waals surface area contributed by atoms with Gasteiger partial charge in [0, 0.05) is 33.0 Å². The van der Waals surface area contributed by atoms with Crippen LogP contribution in [0.3, 0.4) is 0 Å². The van der Waals surface area contributed by atoms with Crippen molar-refractivity contribution in [1.82, 2.24) is 9.97 Å². The number of thiazole rings is 2. The molecule has 0 unspecified atom stereocenters. The van der Waals surface area contributed by atoms with Crippen LogP contribution in [0.1, 0.15) is 53.0 Å². The molecule has 0 amide bonds. The third kappa shape index (κ3) is 3.42. The van der Waals surface area contributed by atoms with Crippen LogP contribution in [-0.4, -0.2) is 33.1 Å². The van der Waals surface area contributed by atoms with E-state index in [4.69, 9.17) is 9.97 Å². The first-order valence-electron chi connectivity index (χ1n) is 13.2. The van der Waals surface area contributed by atoms with Gasteiger partial charge in [-0.2, -0.15) is 0 Å². The van der Waals surface area contributed by atoms with Crippen molar-refractivity contribution in [3.05, 3.63) is 104 Å².